The average Bonchev–Trinajstić information content (AvgIpc) is 2.16. The number of carbonyl (C=O) groups is 2. The van der Waals surface area contributed by atoms with Crippen molar-refractivity contribution in [2.24, 2.45) is 0 Å². The SMILES string of the molecule is CCC(O)CCNC(=O)C(C)NC(C)=O. The topological polar surface area (TPSA) is 78.4 Å². The van der Waals surface area contributed by atoms with Crippen LogP contribution in [-0.4, -0.2) is 35.6 Å². The molecule has 0 spiro atoms. The number of carbonyl (C=O) groups excluding carboxylic acids is 2. The van der Waals surface area contributed by atoms with Crippen molar-refractivity contribution in [2.45, 2.75) is 45.8 Å². The fourth-order valence-corrected chi connectivity index (χ4v) is 1.09. The lowest BCUT2D eigenvalue weighted by molar-refractivity contribution is -0.127. The molecule has 0 saturated heterocycles. The van der Waals surface area contributed by atoms with Gasteiger partial charge in [0.15, 0.2) is 0 Å². The molecular formula is C10H20N2O3. The third kappa shape index (κ3) is 6.90. The summed E-state index contributed by atoms with van der Waals surface area (Å²) in [5.41, 5.74) is 0. The van der Waals surface area contributed by atoms with Gasteiger partial charge in [-0.15, -0.1) is 0 Å². The summed E-state index contributed by atoms with van der Waals surface area (Å²) in [5.74, 6) is -0.459. The van der Waals surface area contributed by atoms with Crippen LogP contribution in [-0.2, 0) is 9.59 Å². The second kappa shape index (κ2) is 7.23. The zero-order chi connectivity index (χ0) is 11.8. The summed E-state index contributed by atoms with van der Waals surface area (Å²) in [5, 5.41) is 14.4. The molecule has 0 fully saturated rings. The molecule has 0 bridgehead atoms. The third-order valence-electron chi connectivity index (χ3n) is 2.06. The van der Waals surface area contributed by atoms with Gasteiger partial charge >= 0.3 is 0 Å². The Bertz CT molecular complexity index is 219. The Morgan fingerprint density at radius 2 is 2.00 bits per heavy atom. The molecule has 5 nitrogen and oxygen atoms in total. The molecule has 2 unspecified atom stereocenters. The van der Waals surface area contributed by atoms with E-state index >= 15 is 0 Å². The lowest BCUT2D eigenvalue weighted by Crippen LogP contribution is -2.44. The van der Waals surface area contributed by atoms with Gasteiger partial charge in [0, 0.05) is 13.5 Å². The molecule has 0 aromatic carbocycles. The molecule has 15 heavy (non-hydrogen) atoms. The van der Waals surface area contributed by atoms with E-state index in [2.05, 4.69) is 10.6 Å². The molecule has 5 heteroatoms. The third-order valence-corrected chi connectivity index (χ3v) is 2.06. The molecule has 0 aliphatic heterocycles. The monoisotopic (exact) mass is 216 g/mol. The van der Waals surface area contributed by atoms with Crippen LogP contribution >= 0.6 is 0 Å². The van der Waals surface area contributed by atoms with E-state index in [0.29, 0.717) is 19.4 Å². The molecule has 2 amide bonds. The van der Waals surface area contributed by atoms with E-state index in [-0.39, 0.29) is 17.9 Å². The Balaban J connectivity index is 3.69. The number of amides is 2. The Morgan fingerprint density at radius 1 is 1.40 bits per heavy atom. The van der Waals surface area contributed by atoms with Gasteiger partial charge in [-0.25, -0.2) is 0 Å². The highest BCUT2D eigenvalue weighted by Gasteiger charge is 2.12. The van der Waals surface area contributed by atoms with Crippen LogP contribution in [0, 0.1) is 0 Å². The molecule has 0 heterocycles. The lowest BCUT2D eigenvalue weighted by atomic mass is 10.2. The van der Waals surface area contributed by atoms with Crippen LogP contribution in [0.5, 0.6) is 0 Å². The van der Waals surface area contributed by atoms with Crippen LogP contribution in [0.2, 0.25) is 0 Å². The Morgan fingerprint density at radius 3 is 2.47 bits per heavy atom. The van der Waals surface area contributed by atoms with Crippen LogP contribution in [0.15, 0.2) is 0 Å². The van der Waals surface area contributed by atoms with Crippen LogP contribution in [0.25, 0.3) is 0 Å². The standard InChI is InChI=1S/C10H20N2O3/c1-4-9(14)5-6-11-10(15)7(2)12-8(3)13/h7,9,14H,4-6H2,1-3H3,(H,11,15)(H,12,13). The summed E-state index contributed by atoms with van der Waals surface area (Å²) in [6, 6.07) is -0.527. The molecule has 0 radical (unpaired) electrons. The highest BCUT2D eigenvalue weighted by atomic mass is 16.3. The molecule has 88 valence electrons. The first-order valence-corrected chi connectivity index (χ1v) is 5.20. The fourth-order valence-electron chi connectivity index (χ4n) is 1.09. The minimum absolute atomic E-state index is 0.228. The first-order valence-electron chi connectivity index (χ1n) is 5.20. The van der Waals surface area contributed by atoms with Gasteiger partial charge in [-0.3, -0.25) is 9.59 Å². The first-order chi connectivity index (χ1) is 6.97. The predicted octanol–water partition coefficient (Wildman–Crippen LogP) is -0.212. The second-order valence-corrected chi connectivity index (χ2v) is 3.56. The van der Waals surface area contributed by atoms with Crippen molar-refractivity contribution in [3.8, 4) is 0 Å². The maximum Gasteiger partial charge on any atom is 0.242 e. The van der Waals surface area contributed by atoms with E-state index < -0.39 is 6.04 Å². The molecule has 0 aliphatic carbocycles. The summed E-state index contributed by atoms with van der Waals surface area (Å²) in [6.45, 7) is 5.29. The summed E-state index contributed by atoms with van der Waals surface area (Å²) < 4.78 is 0. The van der Waals surface area contributed by atoms with Crippen molar-refractivity contribution < 1.29 is 14.7 Å². The molecule has 3 N–H and O–H groups in total. The Kier molecular flexibility index (Phi) is 6.70. The molecule has 2 atom stereocenters. The summed E-state index contributed by atoms with van der Waals surface area (Å²) in [7, 11) is 0. The van der Waals surface area contributed by atoms with E-state index in [4.69, 9.17) is 0 Å². The van der Waals surface area contributed by atoms with E-state index in [0.717, 1.165) is 0 Å². The van der Waals surface area contributed by atoms with Crippen LogP contribution < -0.4 is 10.6 Å². The number of hydrogen-bond donors (Lipinski definition) is 3. The van der Waals surface area contributed by atoms with E-state index in [1.165, 1.54) is 6.92 Å². The minimum atomic E-state index is -0.527. The van der Waals surface area contributed by atoms with Crippen molar-refractivity contribution in [2.75, 3.05) is 6.54 Å². The molecule has 0 aromatic heterocycles. The predicted molar refractivity (Wildman–Crippen MR) is 57.2 cm³/mol. The highest BCUT2D eigenvalue weighted by molar-refractivity contribution is 5.86. The fraction of sp³-hybridized carbons (Fsp3) is 0.800. The smallest absolute Gasteiger partial charge is 0.242 e. The molecule has 0 rings (SSSR count). The van der Waals surface area contributed by atoms with Crippen LogP contribution in [0.1, 0.15) is 33.6 Å². The number of rotatable bonds is 6. The zero-order valence-corrected chi connectivity index (χ0v) is 9.54. The van der Waals surface area contributed by atoms with Crippen molar-refractivity contribution in [3.05, 3.63) is 0 Å². The van der Waals surface area contributed by atoms with Crippen molar-refractivity contribution in [1.82, 2.24) is 10.6 Å². The molecule has 0 aliphatic rings. The molecule has 0 saturated carbocycles. The van der Waals surface area contributed by atoms with Gasteiger partial charge in [0.25, 0.3) is 0 Å². The maximum atomic E-state index is 11.3. The molecular weight excluding hydrogens is 196 g/mol. The number of hydrogen-bond acceptors (Lipinski definition) is 3. The van der Waals surface area contributed by atoms with E-state index in [1.54, 1.807) is 6.92 Å². The zero-order valence-electron chi connectivity index (χ0n) is 9.54. The lowest BCUT2D eigenvalue weighted by Gasteiger charge is -2.13. The summed E-state index contributed by atoms with van der Waals surface area (Å²) >= 11 is 0. The second-order valence-electron chi connectivity index (χ2n) is 3.56. The highest BCUT2D eigenvalue weighted by Crippen LogP contribution is 1.94. The van der Waals surface area contributed by atoms with Gasteiger partial charge in [-0.2, -0.15) is 0 Å². The first kappa shape index (κ1) is 13.9. The van der Waals surface area contributed by atoms with Crippen LogP contribution in [0.4, 0.5) is 0 Å². The van der Waals surface area contributed by atoms with Gasteiger partial charge in [0.2, 0.25) is 11.8 Å². The number of nitrogens with one attached hydrogen (secondary N) is 2. The van der Waals surface area contributed by atoms with E-state index in [9.17, 15) is 14.7 Å². The molecule has 0 aromatic rings. The summed E-state index contributed by atoms with van der Waals surface area (Å²) in [4.78, 5) is 22.0. The Labute approximate surface area is 90.2 Å². The van der Waals surface area contributed by atoms with Gasteiger partial charge in [-0.1, -0.05) is 6.92 Å². The largest absolute Gasteiger partial charge is 0.393 e. The average molecular weight is 216 g/mol. The summed E-state index contributed by atoms with van der Waals surface area (Å²) in [6.07, 6.45) is 0.841. The van der Waals surface area contributed by atoms with Crippen molar-refractivity contribution in [3.63, 3.8) is 0 Å². The minimum Gasteiger partial charge on any atom is -0.393 e. The van der Waals surface area contributed by atoms with E-state index in [1.807, 2.05) is 6.92 Å². The van der Waals surface area contributed by atoms with Gasteiger partial charge in [0.05, 0.1) is 6.10 Å². The maximum absolute atomic E-state index is 11.3. The van der Waals surface area contributed by atoms with Gasteiger partial charge < -0.3 is 15.7 Å². The van der Waals surface area contributed by atoms with Crippen LogP contribution in [0.3, 0.4) is 0 Å². The van der Waals surface area contributed by atoms with Gasteiger partial charge in [0.1, 0.15) is 6.04 Å². The number of aliphatic hydroxyl groups is 1. The normalized spacial score (nSPS) is 14.1. The Hall–Kier alpha value is -1.10. The quantitative estimate of drug-likeness (QED) is 0.575. The van der Waals surface area contributed by atoms with Gasteiger partial charge in [-0.05, 0) is 19.8 Å². The number of aliphatic hydroxyl groups excluding tert-OH is 1. The van der Waals surface area contributed by atoms with Crippen molar-refractivity contribution in [1.29, 1.82) is 0 Å². The van der Waals surface area contributed by atoms with Crippen molar-refractivity contribution >= 4 is 11.8 Å².